The van der Waals surface area contributed by atoms with Crippen LogP contribution in [0.15, 0.2) is 72.0 Å². The molecule has 2 N–H and O–H groups in total. The number of phenols is 1. The number of benzene rings is 2. The number of carbonyl (C=O) groups excluding carboxylic acids is 1. The van der Waals surface area contributed by atoms with Gasteiger partial charge in [0, 0.05) is 5.56 Å². The van der Waals surface area contributed by atoms with E-state index in [1.54, 1.807) is 38.1 Å². The molecule has 0 bridgehead atoms. The first-order valence-electron chi connectivity index (χ1n) is 8.52. The van der Waals surface area contributed by atoms with Crippen molar-refractivity contribution in [2.24, 2.45) is 0 Å². The summed E-state index contributed by atoms with van der Waals surface area (Å²) in [4.78, 5) is 11.8. The maximum atomic E-state index is 12.1. The van der Waals surface area contributed by atoms with Gasteiger partial charge in [0.1, 0.15) is 10.6 Å². The van der Waals surface area contributed by atoms with Crippen molar-refractivity contribution >= 4 is 69.3 Å². The van der Waals surface area contributed by atoms with E-state index in [-0.39, 0.29) is 22.0 Å². The van der Waals surface area contributed by atoms with E-state index in [0.717, 1.165) is 0 Å². The second-order valence-corrected chi connectivity index (χ2v) is 10.5. The van der Waals surface area contributed by atoms with Crippen LogP contribution in [0.2, 0.25) is 0 Å². The molecule has 0 aromatic heterocycles. The van der Waals surface area contributed by atoms with Crippen LogP contribution in [0.4, 0.5) is 0 Å². The third-order valence-corrected chi connectivity index (χ3v) is 7.80. The quantitative estimate of drug-likeness (QED) is 0.407. The summed E-state index contributed by atoms with van der Waals surface area (Å²) in [6.45, 7) is 3.52. The van der Waals surface area contributed by atoms with E-state index < -0.39 is 10.1 Å². The molecule has 2 aromatic rings. The Balaban J connectivity index is 2.55. The van der Waals surface area contributed by atoms with Gasteiger partial charge in [0.2, 0.25) is 0 Å². The molecule has 0 saturated heterocycles. The van der Waals surface area contributed by atoms with Crippen molar-refractivity contribution in [3.8, 4) is 5.75 Å². The smallest absolute Gasteiger partial charge is 0.295 e. The molecule has 0 spiro atoms. The van der Waals surface area contributed by atoms with Crippen LogP contribution in [0.25, 0.3) is 5.57 Å². The van der Waals surface area contributed by atoms with Crippen LogP contribution in [0.3, 0.4) is 0 Å². The van der Waals surface area contributed by atoms with Crippen molar-refractivity contribution in [3.63, 3.8) is 0 Å². The highest BCUT2D eigenvalue weighted by molar-refractivity contribution is 9.12. The molecule has 1 aliphatic rings. The highest BCUT2D eigenvalue weighted by Crippen LogP contribution is 2.44. The number of allylic oxidation sites excluding steroid dienone is 5. The maximum absolute atomic E-state index is 12.1. The summed E-state index contributed by atoms with van der Waals surface area (Å²) in [6, 6.07) is 7.76. The van der Waals surface area contributed by atoms with Crippen molar-refractivity contribution in [3.05, 3.63) is 83.7 Å². The largest absolute Gasteiger partial charge is 0.506 e. The van der Waals surface area contributed by atoms with E-state index in [2.05, 4.69) is 47.8 Å². The van der Waals surface area contributed by atoms with Crippen molar-refractivity contribution in [1.82, 2.24) is 0 Å². The molecule has 0 atom stereocenters. The SMILES string of the molecule is CC1=CC(=O)C(Br)=CC1=C(c1ccccc1S(=O)(=O)O)c1cc(Br)c(O)c(Br)c1C. The van der Waals surface area contributed by atoms with Gasteiger partial charge in [0.25, 0.3) is 10.1 Å². The van der Waals surface area contributed by atoms with Gasteiger partial charge in [-0.25, -0.2) is 0 Å². The molecule has 5 nitrogen and oxygen atoms in total. The monoisotopic (exact) mass is 616 g/mol. The van der Waals surface area contributed by atoms with Crippen molar-refractivity contribution in [1.29, 1.82) is 0 Å². The third-order valence-electron chi connectivity index (χ3n) is 4.69. The number of rotatable bonds is 3. The van der Waals surface area contributed by atoms with Gasteiger partial charge in [-0.3, -0.25) is 9.35 Å². The Hall–Kier alpha value is -1.52. The fraction of sp³-hybridized carbons (Fsp3) is 0.0952. The topological polar surface area (TPSA) is 91.7 Å². The molecule has 0 amide bonds. The first-order chi connectivity index (χ1) is 13.9. The Morgan fingerprint density at radius 2 is 1.63 bits per heavy atom. The molecule has 0 aliphatic heterocycles. The zero-order chi connectivity index (χ0) is 22.4. The molecular weight excluding hydrogens is 604 g/mol. The lowest BCUT2D eigenvalue weighted by molar-refractivity contribution is -0.110. The summed E-state index contributed by atoms with van der Waals surface area (Å²) in [6.07, 6.45) is 3.08. The minimum Gasteiger partial charge on any atom is -0.506 e. The number of aromatic hydroxyl groups is 1. The van der Waals surface area contributed by atoms with Crippen molar-refractivity contribution < 1.29 is 22.9 Å². The number of carbonyl (C=O) groups is 1. The summed E-state index contributed by atoms with van der Waals surface area (Å²) in [5.74, 6) is -0.199. The lowest BCUT2D eigenvalue weighted by Gasteiger charge is -2.22. The molecular formula is C21H15Br3O5S. The van der Waals surface area contributed by atoms with Gasteiger partial charge >= 0.3 is 0 Å². The zero-order valence-electron chi connectivity index (χ0n) is 15.7. The lowest BCUT2D eigenvalue weighted by Crippen LogP contribution is -2.09. The van der Waals surface area contributed by atoms with E-state index >= 15 is 0 Å². The third kappa shape index (κ3) is 4.27. The predicted molar refractivity (Wildman–Crippen MR) is 126 cm³/mol. The van der Waals surface area contributed by atoms with E-state index in [1.807, 2.05) is 0 Å². The van der Waals surface area contributed by atoms with Gasteiger partial charge in [-0.1, -0.05) is 18.2 Å². The molecule has 9 heteroatoms. The first-order valence-corrected chi connectivity index (χ1v) is 12.3. The van der Waals surface area contributed by atoms with Crippen LogP contribution in [-0.4, -0.2) is 23.9 Å². The summed E-state index contributed by atoms with van der Waals surface area (Å²) < 4.78 is 35.2. The second kappa shape index (κ2) is 8.55. The van der Waals surface area contributed by atoms with Crippen LogP contribution >= 0.6 is 47.8 Å². The zero-order valence-corrected chi connectivity index (χ0v) is 21.3. The molecule has 0 unspecified atom stereocenters. The lowest BCUT2D eigenvalue weighted by atomic mass is 9.85. The maximum Gasteiger partial charge on any atom is 0.295 e. The van der Waals surface area contributed by atoms with Crippen LogP contribution in [-0.2, 0) is 14.9 Å². The highest BCUT2D eigenvalue weighted by atomic mass is 79.9. The number of hydrogen-bond acceptors (Lipinski definition) is 4. The van der Waals surface area contributed by atoms with Crippen molar-refractivity contribution in [2.75, 3.05) is 0 Å². The molecule has 30 heavy (non-hydrogen) atoms. The molecule has 0 radical (unpaired) electrons. The molecule has 3 rings (SSSR count). The summed E-state index contributed by atoms with van der Waals surface area (Å²) in [5, 5.41) is 10.3. The predicted octanol–water partition coefficient (Wildman–Crippen LogP) is 6.08. The van der Waals surface area contributed by atoms with Gasteiger partial charge in [-0.05, 0) is 114 Å². The molecule has 1 aliphatic carbocycles. The fourth-order valence-electron chi connectivity index (χ4n) is 3.22. The average Bonchev–Trinajstić information content (AvgIpc) is 2.67. The Bertz CT molecular complexity index is 1290. The van der Waals surface area contributed by atoms with Gasteiger partial charge in [-0.2, -0.15) is 8.42 Å². The highest BCUT2D eigenvalue weighted by Gasteiger charge is 2.26. The number of halogens is 3. The molecule has 0 saturated carbocycles. The number of hydrogen-bond donors (Lipinski definition) is 2. The Morgan fingerprint density at radius 3 is 2.27 bits per heavy atom. The van der Waals surface area contributed by atoms with E-state index in [4.69, 9.17) is 0 Å². The fourth-order valence-corrected chi connectivity index (χ4v) is 5.38. The van der Waals surface area contributed by atoms with Crippen LogP contribution in [0.1, 0.15) is 23.6 Å². The Kier molecular flexibility index (Phi) is 6.60. The Labute approximate surface area is 199 Å². The van der Waals surface area contributed by atoms with E-state index in [1.165, 1.54) is 18.2 Å². The number of ketones is 1. The van der Waals surface area contributed by atoms with E-state index in [9.17, 15) is 22.9 Å². The molecule has 0 fully saturated rings. The van der Waals surface area contributed by atoms with Gasteiger partial charge in [0.15, 0.2) is 5.78 Å². The number of phenolic OH excluding ortho intramolecular Hbond substituents is 1. The van der Waals surface area contributed by atoms with Gasteiger partial charge in [0.05, 0.1) is 13.4 Å². The van der Waals surface area contributed by atoms with Crippen LogP contribution in [0.5, 0.6) is 5.75 Å². The summed E-state index contributed by atoms with van der Waals surface area (Å²) in [5.41, 5.74) is 3.24. The van der Waals surface area contributed by atoms with Crippen molar-refractivity contribution in [2.45, 2.75) is 18.7 Å². The standard InChI is InChI=1S/C21H15Br3O5S/c1-10-7-17(25)15(22)8-13(10)19(12-5-3-4-6-18(12)30(27,28)29)14-9-16(23)21(26)20(24)11(14)2/h3-9,26H,1-2H3,(H,27,28,29). The Morgan fingerprint density at radius 1 is 1.00 bits per heavy atom. The van der Waals surface area contributed by atoms with Gasteiger partial charge < -0.3 is 5.11 Å². The minimum atomic E-state index is -4.53. The van der Waals surface area contributed by atoms with Crippen LogP contribution < -0.4 is 0 Å². The molecule has 2 aromatic carbocycles. The summed E-state index contributed by atoms with van der Waals surface area (Å²) in [7, 11) is -4.53. The first kappa shape index (κ1) is 23.1. The normalized spacial score (nSPS) is 16.3. The van der Waals surface area contributed by atoms with E-state index in [0.29, 0.717) is 41.3 Å². The van der Waals surface area contributed by atoms with Gasteiger partial charge in [-0.15, -0.1) is 0 Å². The minimum absolute atomic E-state index is 0.00599. The van der Waals surface area contributed by atoms with Crippen LogP contribution in [0, 0.1) is 6.92 Å². The average molecular weight is 619 g/mol. The summed E-state index contributed by atoms with van der Waals surface area (Å²) >= 11 is 9.96. The second-order valence-electron chi connectivity index (χ2n) is 6.64. The molecule has 156 valence electrons. The molecule has 0 heterocycles.